The van der Waals surface area contributed by atoms with Gasteiger partial charge in [0.15, 0.2) is 0 Å². The van der Waals surface area contributed by atoms with Crippen LogP contribution in [0.4, 0.5) is 0 Å². The second-order valence-electron chi connectivity index (χ2n) is 7.21. The van der Waals surface area contributed by atoms with Crippen molar-refractivity contribution in [1.82, 2.24) is 0 Å². The lowest BCUT2D eigenvalue weighted by molar-refractivity contribution is 0.246. The number of fused-ring (bicyclic) bond motifs is 1. The number of phenols is 1. The molecule has 0 aromatic heterocycles. The van der Waals surface area contributed by atoms with Crippen molar-refractivity contribution >= 4 is 0 Å². The zero-order valence-electron chi connectivity index (χ0n) is 15.9. The van der Waals surface area contributed by atoms with Crippen LogP contribution >= 0.6 is 0 Å². The summed E-state index contributed by atoms with van der Waals surface area (Å²) < 4.78 is 11.8. The molecule has 0 radical (unpaired) electrons. The number of methoxy groups -OCH3 is 1. The molecule has 0 unspecified atom stereocenters. The van der Waals surface area contributed by atoms with Gasteiger partial charge in [-0.3, -0.25) is 0 Å². The number of hydrogen-bond acceptors (Lipinski definition) is 3. The number of aromatic hydroxyl groups is 1. The highest BCUT2D eigenvalue weighted by Crippen LogP contribution is 2.49. The zero-order chi connectivity index (χ0) is 19.0. The van der Waals surface area contributed by atoms with Crippen LogP contribution in [0.5, 0.6) is 17.2 Å². The van der Waals surface area contributed by atoms with Crippen LogP contribution in [-0.2, 0) is 0 Å². The molecule has 2 atom stereocenters. The Labute approximate surface area is 160 Å². The number of aryl methyl sites for hydroxylation is 2. The standard InChI is InChI=1S/C24H24O3/c1-15-11-20(22(26-3)12-16(15)2)24-19-10-9-18(25)13-23(19)27-14-21(24)17-7-5-4-6-8-17/h4-13,21,24-25H,14H2,1-3H3/t21-,24+/m0/s1. The van der Waals surface area contributed by atoms with E-state index in [9.17, 15) is 5.11 Å². The first-order valence-corrected chi connectivity index (χ1v) is 9.24. The van der Waals surface area contributed by atoms with Gasteiger partial charge in [-0.25, -0.2) is 0 Å². The van der Waals surface area contributed by atoms with Gasteiger partial charge in [-0.15, -0.1) is 0 Å². The van der Waals surface area contributed by atoms with Crippen molar-refractivity contribution in [3.8, 4) is 17.2 Å². The molecule has 3 heteroatoms. The van der Waals surface area contributed by atoms with Crippen LogP contribution in [-0.4, -0.2) is 18.8 Å². The molecule has 1 N–H and O–H groups in total. The molecule has 0 fully saturated rings. The summed E-state index contributed by atoms with van der Waals surface area (Å²) in [4.78, 5) is 0. The quantitative estimate of drug-likeness (QED) is 0.686. The number of ether oxygens (including phenoxy) is 2. The number of phenolic OH excluding ortho intramolecular Hbond substituents is 1. The predicted octanol–water partition coefficient (Wildman–Crippen LogP) is 5.33. The lowest BCUT2D eigenvalue weighted by Crippen LogP contribution is -2.25. The van der Waals surface area contributed by atoms with Gasteiger partial charge in [-0.1, -0.05) is 42.5 Å². The lowest BCUT2D eigenvalue weighted by atomic mass is 9.75. The van der Waals surface area contributed by atoms with Crippen LogP contribution in [0, 0.1) is 13.8 Å². The first kappa shape index (κ1) is 17.5. The minimum atomic E-state index is 0.0889. The van der Waals surface area contributed by atoms with Gasteiger partial charge in [0.2, 0.25) is 0 Å². The molecule has 3 nitrogen and oxygen atoms in total. The summed E-state index contributed by atoms with van der Waals surface area (Å²) in [5, 5.41) is 9.90. The molecule has 27 heavy (non-hydrogen) atoms. The van der Waals surface area contributed by atoms with E-state index in [0.29, 0.717) is 6.61 Å². The Balaban J connectivity index is 1.94. The van der Waals surface area contributed by atoms with Gasteiger partial charge in [-0.2, -0.15) is 0 Å². The van der Waals surface area contributed by atoms with Crippen LogP contribution in [0.3, 0.4) is 0 Å². The van der Waals surface area contributed by atoms with E-state index in [0.717, 1.165) is 22.6 Å². The third kappa shape index (κ3) is 3.14. The van der Waals surface area contributed by atoms with Gasteiger partial charge >= 0.3 is 0 Å². The maximum Gasteiger partial charge on any atom is 0.126 e. The van der Waals surface area contributed by atoms with Gasteiger partial charge in [0, 0.05) is 29.0 Å². The Morgan fingerprint density at radius 1 is 0.926 bits per heavy atom. The second kappa shape index (κ2) is 6.99. The minimum absolute atomic E-state index is 0.0889. The highest BCUT2D eigenvalue weighted by molar-refractivity contribution is 5.55. The molecule has 1 aliphatic heterocycles. The molecule has 4 rings (SSSR count). The summed E-state index contributed by atoms with van der Waals surface area (Å²) in [5.74, 6) is 2.11. The van der Waals surface area contributed by atoms with Crippen LogP contribution in [0.25, 0.3) is 0 Å². The van der Waals surface area contributed by atoms with E-state index >= 15 is 0 Å². The average molecular weight is 360 g/mol. The molecular weight excluding hydrogens is 336 g/mol. The van der Waals surface area contributed by atoms with E-state index in [4.69, 9.17) is 9.47 Å². The van der Waals surface area contributed by atoms with Crippen LogP contribution in [0.2, 0.25) is 0 Å². The molecule has 0 aliphatic carbocycles. The van der Waals surface area contributed by atoms with Crippen LogP contribution in [0.15, 0.2) is 60.7 Å². The van der Waals surface area contributed by atoms with Gasteiger partial charge < -0.3 is 14.6 Å². The van der Waals surface area contributed by atoms with E-state index in [1.54, 1.807) is 19.2 Å². The highest BCUT2D eigenvalue weighted by atomic mass is 16.5. The monoisotopic (exact) mass is 360 g/mol. The molecule has 3 aromatic rings. The molecule has 0 spiro atoms. The fraction of sp³-hybridized carbons (Fsp3) is 0.250. The van der Waals surface area contributed by atoms with E-state index in [-0.39, 0.29) is 17.6 Å². The average Bonchev–Trinajstić information content (AvgIpc) is 2.69. The summed E-state index contributed by atoms with van der Waals surface area (Å²) in [6.07, 6.45) is 0. The first-order valence-electron chi connectivity index (χ1n) is 9.24. The van der Waals surface area contributed by atoms with Crippen molar-refractivity contribution in [2.24, 2.45) is 0 Å². The topological polar surface area (TPSA) is 38.7 Å². The molecule has 0 bridgehead atoms. The minimum Gasteiger partial charge on any atom is -0.508 e. The van der Waals surface area contributed by atoms with Crippen molar-refractivity contribution in [3.63, 3.8) is 0 Å². The predicted molar refractivity (Wildman–Crippen MR) is 107 cm³/mol. The fourth-order valence-electron chi connectivity index (χ4n) is 4.00. The van der Waals surface area contributed by atoms with Crippen LogP contribution < -0.4 is 9.47 Å². The molecule has 0 saturated heterocycles. The van der Waals surface area contributed by atoms with Crippen molar-refractivity contribution < 1.29 is 14.6 Å². The van der Waals surface area contributed by atoms with Crippen molar-refractivity contribution in [2.75, 3.05) is 13.7 Å². The Hall–Kier alpha value is -2.94. The summed E-state index contributed by atoms with van der Waals surface area (Å²) in [6.45, 7) is 4.79. The summed E-state index contributed by atoms with van der Waals surface area (Å²) in [5.41, 5.74) is 5.93. The molecule has 1 aliphatic rings. The normalized spacial score (nSPS) is 18.5. The third-order valence-corrected chi connectivity index (χ3v) is 5.56. The maximum atomic E-state index is 9.90. The maximum absolute atomic E-state index is 9.90. The van der Waals surface area contributed by atoms with Crippen molar-refractivity contribution in [2.45, 2.75) is 25.7 Å². The van der Waals surface area contributed by atoms with Crippen molar-refractivity contribution in [3.05, 3.63) is 88.5 Å². The Kier molecular flexibility index (Phi) is 4.53. The Morgan fingerprint density at radius 2 is 1.67 bits per heavy atom. The molecule has 0 saturated carbocycles. The molecule has 0 amide bonds. The van der Waals surface area contributed by atoms with E-state index in [1.165, 1.54) is 16.7 Å². The van der Waals surface area contributed by atoms with E-state index < -0.39 is 0 Å². The fourth-order valence-corrected chi connectivity index (χ4v) is 4.00. The van der Waals surface area contributed by atoms with Gasteiger partial charge in [0.05, 0.1) is 13.7 Å². The second-order valence-corrected chi connectivity index (χ2v) is 7.21. The summed E-state index contributed by atoms with van der Waals surface area (Å²) >= 11 is 0. The smallest absolute Gasteiger partial charge is 0.126 e. The van der Waals surface area contributed by atoms with Gasteiger partial charge in [0.25, 0.3) is 0 Å². The third-order valence-electron chi connectivity index (χ3n) is 5.56. The first-order chi connectivity index (χ1) is 13.1. The van der Waals surface area contributed by atoms with E-state index in [2.05, 4.69) is 50.2 Å². The molecule has 138 valence electrons. The van der Waals surface area contributed by atoms with Gasteiger partial charge in [0.1, 0.15) is 17.2 Å². The van der Waals surface area contributed by atoms with Crippen LogP contribution in [0.1, 0.15) is 39.7 Å². The van der Waals surface area contributed by atoms with Gasteiger partial charge in [-0.05, 0) is 42.7 Å². The summed E-state index contributed by atoms with van der Waals surface area (Å²) in [6, 6.07) is 20.2. The van der Waals surface area contributed by atoms with E-state index in [1.807, 2.05) is 12.1 Å². The lowest BCUT2D eigenvalue weighted by Gasteiger charge is -2.35. The molecular formula is C24H24O3. The van der Waals surface area contributed by atoms with Crippen molar-refractivity contribution in [1.29, 1.82) is 0 Å². The zero-order valence-corrected chi connectivity index (χ0v) is 15.9. The Morgan fingerprint density at radius 3 is 2.41 bits per heavy atom. The molecule has 1 heterocycles. The molecule has 3 aromatic carbocycles. The number of hydrogen-bond donors (Lipinski definition) is 1. The SMILES string of the molecule is COc1cc(C)c(C)cc1[C@H]1c2ccc(O)cc2OC[C@H]1c1ccccc1. The number of rotatable bonds is 3. The number of benzene rings is 3. The largest absolute Gasteiger partial charge is 0.508 e. The highest BCUT2D eigenvalue weighted by Gasteiger charge is 2.35. The summed E-state index contributed by atoms with van der Waals surface area (Å²) in [7, 11) is 1.72. The Bertz CT molecular complexity index is 963.